The molecule has 33 heavy (non-hydrogen) atoms. The summed E-state index contributed by atoms with van der Waals surface area (Å²) in [6.07, 6.45) is 4.63. The Hall–Kier alpha value is -2.69. The Bertz CT molecular complexity index is 1590. The van der Waals surface area contributed by atoms with E-state index in [4.69, 9.17) is 9.40 Å². The van der Waals surface area contributed by atoms with Crippen LogP contribution in [0.15, 0.2) is 49.0 Å². The number of hydrogen-bond donors (Lipinski definition) is 1. The van der Waals surface area contributed by atoms with Gasteiger partial charge >= 0.3 is 0 Å². The molecule has 0 saturated carbocycles. The van der Waals surface area contributed by atoms with Gasteiger partial charge in [-0.1, -0.05) is 18.7 Å². The van der Waals surface area contributed by atoms with E-state index in [1.807, 2.05) is 23.6 Å². The number of thiophene rings is 2. The first kappa shape index (κ1) is 20.9. The van der Waals surface area contributed by atoms with E-state index in [2.05, 4.69) is 16.9 Å². The zero-order chi connectivity index (χ0) is 22.5. The minimum Gasteiger partial charge on any atom is -0.467 e. The van der Waals surface area contributed by atoms with Crippen molar-refractivity contribution in [1.29, 1.82) is 0 Å². The Morgan fingerprint density at radius 1 is 1.30 bits per heavy atom. The second-order valence-corrected chi connectivity index (χ2v) is 11.3. The zero-order valence-corrected chi connectivity index (χ0v) is 20.2. The molecule has 0 aliphatic heterocycles. The van der Waals surface area contributed by atoms with Gasteiger partial charge in [-0.25, -0.2) is 9.97 Å². The highest BCUT2D eigenvalue weighted by Crippen LogP contribution is 2.37. The second-order valence-electron chi connectivity index (χ2n) is 8.33. The van der Waals surface area contributed by atoms with Crippen molar-refractivity contribution in [3.05, 3.63) is 72.6 Å². The maximum atomic E-state index is 13.7. The fraction of sp³-hybridized carbons (Fsp3) is 0.304. The molecule has 5 aromatic heterocycles. The molecule has 5 aromatic rings. The molecule has 168 valence electrons. The van der Waals surface area contributed by atoms with Gasteiger partial charge < -0.3 is 9.40 Å². The van der Waals surface area contributed by atoms with Crippen molar-refractivity contribution in [3.63, 3.8) is 0 Å². The summed E-state index contributed by atoms with van der Waals surface area (Å²) in [7, 11) is 0. The molecule has 5 heterocycles. The van der Waals surface area contributed by atoms with Gasteiger partial charge in [-0.2, -0.15) is 0 Å². The lowest BCUT2D eigenvalue weighted by atomic mass is 9.89. The van der Waals surface area contributed by atoms with Crippen LogP contribution < -0.4 is 11.1 Å². The van der Waals surface area contributed by atoms with Crippen LogP contribution in [0.4, 0.5) is 0 Å². The van der Waals surface area contributed by atoms with E-state index in [0.29, 0.717) is 45.2 Å². The van der Waals surface area contributed by atoms with E-state index in [-0.39, 0.29) is 11.1 Å². The number of thioether (sulfide) groups is 1. The van der Waals surface area contributed by atoms with E-state index in [1.54, 1.807) is 22.2 Å². The van der Waals surface area contributed by atoms with E-state index in [1.165, 1.54) is 33.5 Å². The van der Waals surface area contributed by atoms with Gasteiger partial charge in [0, 0.05) is 4.88 Å². The number of aromatic nitrogens is 4. The molecule has 0 radical (unpaired) electrons. The summed E-state index contributed by atoms with van der Waals surface area (Å²) in [6.45, 7) is 2.57. The standard InChI is InChI=1S/C23H20N4O3S3/c1-12-4-5-14-16(9-12)33-21-18(14)22(29)27(10-13-3-2-7-30-13)23(26-21)32-11-17-24-15-6-8-31-19(15)20(28)25-17/h2-3,6-8,12H,4-5,9-11H2,1H3,(H,24,25,28). The summed E-state index contributed by atoms with van der Waals surface area (Å²) in [5.74, 6) is 2.29. The van der Waals surface area contributed by atoms with Gasteiger partial charge in [0.15, 0.2) is 5.16 Å². The van der Waals surface area contributed by atoms with Gasteiger partial charge in [-0.3, -0.25) is 14.2 Å². The van der Waals surface area contributed by atoms with Crippen LogP contribution in [-0.4, -0.2) is 19.5 Å². The Balaban J connectivity index is 1.43. The van der Waals surface area contributed by atoms with E-state index >= 15 is 0 Å². The lowest BCUT2D eigenvalue weighted by Crippen LogP contribution is -2.24. The predicted octanol–water partition coefficient (Wildman–Crippen LogP) is 4.81. The number of furan rings is 1. The molecule has 10 heteroatoms. The fourth-order valence-corrected chi connectivity index (χ4v) is 7.35. The molecule has 1 unspecified atom stereocenters. The van der Waals surface area contributed by atoms with Gasteiger partial charge in [-0.15, -0.1) is 22.7 Å². The summed E-state index contributed by atoms with van der Waals surface area (Å²) in [5, 5.41) is 3.22. The summed E-state index contributed by atoms with van der Waals surface area (Å²) < 4.78 is 7.85. The van der Waals surface area contributed by atoms with Crippen molar-refractivity contribution in [3.8, 4) is 0 Å². The van der Waals surface area contributed by atoms with Crippen LogP contribution in [0.25, 0.3) is 20.4 Å². The molecule has 1 N–H and O–H groups in total. The number of nitrogens with zero attached hydrogens (tertiary/aromatic N) is 3. The van der Waals surface area contributed by atoms with Gasteiger partial charge in [0.05, 0.1) is 29.5 Å². The first-order valence-electron chi connectivity index (χ1n) is 10.7. The summed E-state index contributed by atoms with van der Waals surface area (Å²) in [4.78, 5) is 40.5. The lowest BCUT2D eigenvalue weighted by molar-refractivity contribution is 0.476. The highest BCUT2D eigenvalue weighted by atomic mass is 32.2. The number of hydrogen-bond acceptors (Lipinski definition) is 8. The van der Waals surface area contributed by atoms with Gasteiger partial charge in [0.2, 0.25) is 0 Å². The van der Waals surface area contributed by atoms with Crippen LogP contribution in [0.1, 0.15) is 35.4 Å². The summed E-state index contributed by atoms with van der Waals surface area (Å²) in [5.41, 5.74) is 1.70. The number of H-pyrrole nitrogens is 1. The monoisotopic (exact) mass is 496 g/mol. The Labute approximate surface area is 200 Å². The molecule has 0 aromatic carbocycles. The molecule has 0 spiro atoms. The molecule has 1 aliphatic rings. The van der Waals surface area contributed by atoms with Gasteiger partial charge in [-0.05, 0) is 54.3 Å². The Morgan fingerprint density at radius 2 is 2.21 bits per heavy atom. The number of fused-ring (bicyclic) bond motifs is 4. The summed E-state index contributed by atoms with van der Waals surface area (Å²) in [6, 6.07) is 5.52. The quantitative estimate of drug-likeness (QED) is 0.277. The van der Waals surface area contributed by atoms with Gasteiger partial charge in [0.1, 0.15) is 21.1 Å². The smallest absolute Gasteiger partial charge is 0.268 e. The van der Waals surface area contributed by atoms with Crippen molar-refractivity contribution >= 4 is 54.9 Å². The van der Waals surface area contributed by atoms with Crippen LogP contribution >= 0.6 is 34.4 Å². The Morgan fingerprint density at radius 3 is 3.06 bits per heavy atom. The minimum atomic E-state index is -0.137. The van der Waals surface area contributed by atoms with E-state index in [9.17, 15) is 9.59 Å². The topological polar surface area (TPSA) is 93.8 Å². The van der Waals surface area contributed by atoms with Crippen LogP contribution in [0, 0.1) is 5.92 Å². The average molecular weight is 497 g/mol. The van der Waals surface area contributed by atoms with Crippen LogP contribution in [-0.2, 0) is 25.1 Å². The maximum absolute atomic E-state index is 13.7. The van der Waals surface area contributed by atoms with Crippen LogP contribution in [0.3, 0.4) is 0 Å². The molecular weight excluding hydrogens is 476 g/mol. The predicted molar refractivity (Wildman–Crippen MR) is 133 cm³/mol. The number of nitrogens with one attached hydrogen (secondary N) is 1. The molecule has 0 saturated heterocycles. The van der Waals surface area contributed by atoms with E-state index in [0.717, 1.165) is 29.5 Å². The van der Waals surface area contributed by atoms with E-state index < -0.39 is 0 Å². The molecular formula is C23H20N4O3S3. The van der Waals surface area contributed by atoms with Crippen molar-refractivity contribution in [2.75, 3.05) is 0 Å². The van der Waals surface area contributed by atoms with Crippen LogP contribution in [0.2, 0.25) is 0 Å². The molecule has 1 atom stereocenters. The fourth-order valence-electron chi connectivity index (χ4n) is 4.34. The highest BCUT2D eigenvalue weighted by molar-refractivity contribution is 7.98. The molecule has 0 fully saturated rings. The molecule has 6 rings (SSSR count). The molecule has 7 nitrogen and oxygen atoms in total. The number of aryl methyl sites for hydroxylation is 1. The highest BCUT2D eigenvalue weighted by Gasteiger charge is 2.25. The third-order valence-electron chi connectivity index (χ3n) is 5.98. The van der Waals surface area contributed by atoms with Crippen molar-refractivity contribution < 1.29 is 4.42 Å². The number of rotatable bonds is 5. The third kappa shape index (κ3) is 3.75. The first-order valence-corrected chi connectivity index (χ1v) is 13.4. The average Bonchev–Trinajstić information content (AvgIpc) is 3.53. The zero-order valence-electron chi connectivity index (χ0n) is 17.8. The number of aromatic amines is 1. The Kier molecular flexibility index (Phi) is 5.23. The third-order valence-corrected chi connectivity index (χ3v) is 9.01. The SMILES string of the molecule is CC1CCc2c(sc3nc(SCc4nc5ccsc5c(=O)[nH]4)n(Cc4ccco4)c(=O)c23)C1. The maximum Gasteiger partial charge on any atom is 0.268 e. The minimum absolute atomic E-state index is 0.0271. The lowest BCUT2D eigenvalue weighted by Gasteiger charge is -2.17. The van der Waals surface area contributed by atoms with Crippen molar-refractivity contribution in [2.45, 2.75) is 43.6 Å². The first-order chi connectivity index (χ1) is 16.1. The van der Waals surface area contributed by atoms with Gasteiger partial charge in [0.25, 0.3) is 11.1 Å². The van der Waals surface area contributed by atoms with Crippen LogP contribution in [0.5, 0.6) is 0 Å². The molecule has 1 aliphatic carbocycles. The largest absolute Gasteiger partial charge is 0.467 e. The normalized spacial score (nSPS) is 16.0. The molecule has 0 bridgehead atoms. The molecule has 0 amide bonds. The van der Waals surface area contributed by atoms with Crippen molar-refractivity contribution in [2.24, 2.45) is 5.92 Å². The summed E-state index contributed by atoms with van der Waals surface area (Å²) >= 11 is 4.43. The second kappa shape index (κ2) is 8.27. The van der Waals surface area contributed by atoms with Crippen molar-refractivity contribution in [1.82, 2.24) is 19.5 Å².